The molecule has 0 radical (unpaired) electrons. The Balaban J connectivity index is 2.02. The van der Waals surface area contributed by atoms with Crippen molar-refractivity contribution in [2.75, 3.05) is 0 Å². The van der Waals surface area contributed by atoms with Crippen LogP contribution in [0.5, 0.6) is 11.5 Å². The van der Waals surface area contributed by atoms with Crippen LogP contribution in [0.1, 0.15) is 5.56 Å². The summed E-state index contributed by atoms with van der Waals surface area (Å²) in [5.41, 5.74) is 0.917. The number of halogens is 1. The summed E-state index contributed by atoms with van der Waals surface area (Å²) in [6.07, 6.45) is 3.34. The van der Waals surface area contributed by atoms with Crippen molar-refractivity contribution in [1.29, 1.82) is 0 Å². The van der Waals surface area contributed by atoms with E-state index in [1.54, 1.807) is 30.6 Å². The minimum atomic E-state index is 0.244. The molecule has 0 atom stereocenters. The number of phenolic OH excluding ortho intramolecular Hbond substituents is 1. The van der Waals surface area contributed by atoms with Crippen molar-refractivity contribution in [3.05, 3.63) is 52.8 Å². The smallest absolute Gasteiger partial charge is 0.139 e. The van der Waals surface area contributed by atoms with Crippen molar-refractivity contribution in [3.63, 3.8) is 0 Å². The number of rotatable bonds is 3. The monoisotopic (exact) mass is 279 g/mol. The lowest BCUT2D eigenvalue weighted by atomic mass is 10.2. The van der Waals surface area contributed by atoms with Crippen molar-refractivity contribution >= 4 is 15.9 Å². The highest BCUT2D eigenvalue weighted by Crippen LogP contribution is 2.18. The second-order valence-corrected chi connectivity index (χ2v) is 4.21. The SMILES string of the molecule is Oc1cccc(COc2cncc(Br)c2)c1. The third kappa shape index (κ3) is 2.97. The summed E-state index contributed by atoms with van der Waals surface area (Å²) in [5, 5.41) is 9.28. The minimum absolute atomic E-state index is 0.244. The molecule has 0 amide bonds. The summed E-state index contributed by atoms with van der Waals surface area (Å²) in [4.78, 5) is 3.99. The summed E-state index contributed by atoms with van der Waals surface area (Å²) in [6.45, 7) is 0.409. The van der Waals surface area contributed by atoms with Gasteiger partial charge in [-0.25, -0.2) is 0 Å². The van der Waals surface area contributed by atoms with Gasteiger partial charge in [0.1, 0.15) is 18.1 Å². The molecule has 1 aromatic heterocycles. The van der Waals surface area contributed by atoms with Gasteiger partial charge in [0.25, 0.3) is 0 Å². The molecule has 0 aliphatic carbocycles. The fourth-order valence-electron chi connectivity index (χ4n) is 1.28. The van der Waals surface area contributed by atoms with Gasteiger partial charge in [-0.15, -0.1) is 0 Å². The lowest BCUT2D eigenvalue weighted by molar-refractivity contribution is 0.304. The molecule has 4 heteroatoms. The Hall–Kier alpha value is -1.55. The van der Waals surface area contributed by atoms with Crippen LogP contribution in [-0.2, 0) is 6.61 Å². The van der Waals surface area contributed by atoms with Crippen LogP contribution < -0.4 is 4.74 Å². The molecule has 0 saturated heterocycles. The van der Waals surface area contributed by atoms with Gasteiger partial charge in [-0.05, 0) is 39.7 Å². The van der Waals surface area contributed by atoms with Crippen molar-refractivity contribution in [2.24, 2.45) is 0 Å². The maximum Gasteiger partial charge on any atom is 0.139 e. The van der Waals surface area contributed by atoms with Crippen LogP contribution in [-0.4, -0.2) is 10.1 Å². The van der Waals surface area contributed by atoms with Crippen LogP contribution in [0.3, 0.4) is 0 Å². The third-order valence-corrected chi connectivity index (χ3v) is 2.43. The number of aromatic nitrogens is 1. The van der Waals surface area contributed by atoms with E-state index in [2.05, 4.69) is 20.9 Å². The third-order valence-electron chi connectivity index (χ3n) is 2.00. The number of phenols is 1. The molecule has 0 spiro atoms. The second kappa shape index (κ2) is 4.99. The van der Waals surface area contributed by atoms with E-state index in [1.165, 1.54) is 0 Å². The van der Waals surface area contributed by atoms with Gasteiger partial charge in [0.2, 0.25) is 0 Å². The van der Waals surface area contributed by atoms with Gasteiger partial charge in [0, 0.05) is 10.7 Å². The Bertz CT molecular complexity index is 442. The number of ether oxygens (including phenoxy) is 1. The lowest BCUT2D eigenvalue weighted by Gasteiger charge is -2.06. The van der Waals surface area contributed by atoms with Gasteiger partial charge < -0.3 is 9.84 Å². The van der Waals surface area contributed by atoms with Crippen LogP contribution in [0.25, 0.3) is 0 Å². The predicted octanol–water partition coefficient (Wildman–Crippen LogP) is 3.13. The van der Waals surface area contributed by atoms with E-state index in [9.17, 15) is 5.11 Å². The summed E-state index contributed by atoms with van der Waals surface area (Å²) in [7, 11) is 0. The van der Waals surface area contributed by atoms with Crippen LogP contribution in [0.4, 0.5) is 0 Å². The Morgan fingerprint density at radius 1 is 1.25 bits per heavy atom. The molecule has 1 heterocycles. The maximum absolute atomic E-state index is 9.28. The zero-order valence-electron chi connectivity index (χ0n) is 8.43. The molecule has 2 rings (SSSR count). The first kappa shape index (κ1) is 11.0. The summed E-state index contributed by atoms with van der Waals surface area (Å²) < 4.78 is 6.40. The van der Waals surface area contributed by atoms with Gasteiger partial charge in [-0.1, -0.05) is 12.1 Å². The van der Waals surface area contributed by atoms with Crippen LogP contribution >= 0.6 is 15.9 Å². The maximum atomic E-state index is 9.28. The van der Waals surface area contributed by atoms with Crippen LogP contribution in [0.2, 0.25) is 0 Å². The number of benzene rings is 1. The Morgan fingerprint density at radius 2 is 2.12 bits per heavy atom. The number of pyridine rings is 1. The van der Waals surface area contributed by atoms with Crippen molar-refractivity contribution in [2.45, 2.75) is 6.61 Å². The first-order valence-electron chi connectivity index (χ1n) is 4.75. The second-order valence-electron chi connectivity index (χ2n) is 3.30. The van der Waals surface area contributed by atoms with Gasteiger partial charge in [0.15, 0.2) is 0 Å². The Kier molecular flexibility index (Phi) is 3.41. The minimum Gasteiger partial charge on any atom is -0.508 e. The van der Waals surface area contributed by atoms with Crippen molar-refractivity contribution in [3.8, 4) is 11.5 Å². The van der Waals surface area contributed by atoms with Gasteiger partial charge in [-0.2, -0.15) is 0 Å². The van der Waals surface area contributed by atoms with Crippen LogP contribution in [0, 0.1) is 0 Å². The number of hydrogen-bond donors (Lipinski definition) is 1. The molecule has 2 aromatic rings. The summed E-state index contributed by atoms with van der Waals surface area (Å²) in [5.74, 6) is 0.936. The molecule has 0 aliphatic heterocycles. The fourth-order valence-corrected chi connectivity index (χ4v) is 1.63. The van der Waals surface area contributed by atoms with Crippen molar-refractivity contribution < 1.29 is 9.84 Å². The molecular weight excluding hydrogens is 270 g/mol. The zero-order valence-corrected chi connectivity index (χ0v) is 10.0. The molecule has 3 nitrogen and oxygen atoms in total. The van der Waals surface area contributed by atoms with E-state index in [-0.39, 0.29) is 5.75 Å². The Labute approximate surface area is 102 Å². The summed E-state index contributed by atoms with van der Waals surface area (Å²) in [6, 6.07) is 8.82. The molecule has 0 saturated carbocycles. The topological polar surface area (TPSA) is 42.4 Å². The highest BCUT2D eigenvalue weighted by atomic mass is 79.9. The van der Waals surface area contributed by atoms with E-state index in [1.807, 2.05) is 12.1 Å². The Morgan fingerprint density at radius 3 is 2.88 bits per heavy atom. The predicted molar refractivity (Wildman–Crippen MR) is 64.4 cm³/mol. The molecule has 0 bridgehead atoms. The number of hydrogen-bond acceptors (Lipinski definition) is 3. The average Bonchev–Trinajstić information content (AvgIpc) is 2.27. The molecule has 0 fully saturated rings. The first-order valence-corrected chi connectivity index (χ1v) is 5.54. The van der Waals surface area contributed by atoms with Crippen LogP contribution in [0.15, 0.2) is 47.2 Å². The first-order chi connectivity index (χ1) is 7.74. The molecular formula is C12H10BrNO2. The van der Waals surface area contributed by atoms with E-state index in [0.717, 1.165) is 10.0 Å². The standard InChI is InChI=1S/C12H10BrNO2/c13-10-5-12(7-14-6-10)16-8-9-2-1-3-11(15)4-9/h1-7,15H,8H2. The van der Waals surface area contributed by atoms with Gasteiger partial charge >= 0.3 is 0 Å². The van der Waals surface area contributed by atoms with Gasteiger partial charge in [0.05, 0.1) is 6.20 Å². The molecule has 0 unspecified atom stereocenters. The van der Waals surface area contributed by atoms with E-state index < -0.39 is 0 Å². The largest absolute Gasteiger partial charge is 0.508 e. The lowest BCUT2D eigenvalue weighted by Crippen LogP contribution is -1.95. The van der Waals surface area contributed by atoms with E-state index >= 15 is 0 Å². The molecule has 16 heavy (non-hydrogen) atoms. The van der Waals surface area contributed by atoms with Crippen molar-refractivity contribution in [1.82, 2.24) is 4.98 Å². The molecule has 82 valence electrons. The number of aromatic hydroxyl groups is 1. The van der Waals surface area contributed by atoms with E-state index in [4.69, 9.17) is 4.74 Å². The number of nitrogens with zero attached hydrogens (tertiary/aromatic N) is 1. The quantitative estimate of drug-likeness (QED) is 0.939. The molecule has 0 aliphatic rings. The zero-order chi connectivity index (χ0) is 11.4. The average molecular weight is 280 g/mol. The molecule has 1 N–H and O–H groups in total. The normalized spacial score (nSPS) is 10.1. The highest BCUT2D eigenvalue weighted by Gasteiger charge is 1.98. The summed E-state index contributed by atoms with van der Waals surface area (Å²) >= 11 is 3.32. The van der Waals surface area contributed by atoms with E-state index in [0.29, 0.717) is 12.4 Å². The molecule has 1 aromatic carbocycles. The fraction of sp³-hybridized carbons (Fsp3) is 0.0833. The highest BCUT2D eigenvalue weighted by molar-refractivity contribution is 9.10. The van der Waals surface area contributed by atoms with Gasteiger partial charge in [-0.3, -0.25) is 4.98 Å².